The third-order valence-electron chi connectivity index (χ3n) is 4.30. The number of oxazole rings is 1. The Hall–Kier alpha value is -3.45. The number of nitrogens with one attached hydrogen (secondary N) is 1. The van der Waals surface area contributed by atoms with E-state index in [9.17, 15) is 14.9 Å². The summed E-state index contributed by atoms with van der Waals surface area (Å²) in [5.41, 5.74) is 2.00. The first-order valence-corrected chi connectivity index (χ1v) is 8.90. The molecule has 0 aliphatic carbocycles. The Bertz CT molecular complexity index is 1060. The Morgan fingerprint density at radius 1 is 1.44 bits per heavy atom. The Balaban J connectivity index is 1.57. The highest BCUT2D eigenvalue weighted by molar-refractivity contribution is 7.16. The van der Waals surface area contributed by atoms with Crippen LogP contribution in [0.2, 0.25) is 0 Å². The number of carbonyl (C=O) groups is 2. The summed E-state index contributed by atoms with van der Waals surface area (Å²) in [6, 6.07) is 2.18. The third-order valence-corrected chi connectivity index (χ3v) is 5.43. The van der Waals surface area contributed by atoms with Crippen LogP contribution >= 0.6 is 11.3 Å². The van der Waals surface area contributed by atoms with Crippen molar-refractivity contribution in [3.05, 3.63) is 52.3 Å². The maximum atomic E-state index is 12.5. The summed E-state index contributed by atoms with van der Waals surface area (Å²) in [4.78, 5) is 31.3. The molecule has 27 heavy (non-hydrogen) atoms. The molecule has 1 aliphatic rings. The zero-order valence-corrected chi connectivity index (χ0v) is 15.1. The van der Waals surface area contributed by atoms with Crippen LogP contribution in [0.3, 0.4) is 0 Å². The molecule has 0 bridgehead atoms. The van der Waals surface area contributed by atoms with Crippen LogP contribution in [0.1, 0.15) is 36.9 Å². The van der Waals surface area contributed by atoms with Crippen LogP contribution in [0.25, 0.3) is 0 Å². The Morgan fingerprint density at radius 2 is 2.30 bits per heavy atom. The molecule has 4 heterocycles. The van der Waals surface area contributed by atoms with E-state index in [1.54, 1.807) is 18.1 Å². The number of nitrogens with zero attached hydrogens (tertiary/aromatic N) is 5. The molecule has 1 aliphatic heterocycles. The monoisotopic (exact) mass is 382 g/mol. The fourth-order valence-electron chi connectivity index (χ4n) is 2.98. The molecule has 0 saturated carbocycles. The van der Waals surface area contributed by atoms with Gasteiger partial charge in [-0.05, 0) is 12.0 Å². The molecular weight excluding hydrogens is 368 g/mol. The molecule has 2 amide bonds. The van der Waals surface area contributed by atoms with E-state index in [1.165, 1.54) is 34.9 Å². The number of anilines is 1. The predicted octanol–water partition coefficient (Wildman–Crippen LogP) is 1.79. The van der Waals surface area contributed by atoms with Crippen molar-refractivity contribution in [2.75, 3.05) is 11.9 Å². The third kappa shape index (κ3) is 3.09. The van der Waals surface area contributed by atoms with Crippen molar-refractivity contribution in [2.45, 2.75) is 13.0 Å². The lowest BCUT2D eigenvalue weighted by molar-refractivity contribution is 0.0731. The highest BCUT2D eigenvalue weighted by atomic mass is 32.1. The minimum atomic E-state index is -0.325. The molecule has 0 aromatic carbocycles. The summed E-state index contributed by atoms with van der Waals surface area (Å²) >= 11 is 1.32. The van der Waals surface area contributed by atoms with E-state index in [2.05, 4.69) is 21.5 Å². The van der Waals surface area contributed by atoms with Crippen LogP contribution in [0.15, 0.2) is 29.5 Å². The quantitative estimate of drug-likeness (QED) is 0.738. The first kappa shape index (κ1) is 17.0. The first-order valence-electron chi connectivity index (χ1n) is 8.09. The lowest BCUT2D eigenvalue weighted by Gasteiger charge is -2.26. The van der Waals surface area contributed by atoms with Gasteiger partial charge >= 0.3 is 0 Å². The van der Waals surface area contributed by atoms with Gasteiger partial charge in [-0.15, -0.1) is 11.3 Å². The van der Waals surface area contributed by atoms with E-state index in [0.717, 1.165) is 10.4 Å². The number of fused-ring (bicyclic) bond motifs is 1. The molecule has 0 radical (unpaired) electrons. The van der Waals surface area contributed by atoms with Crippen LogP contribution in [0.5, 0.6) is 0 Å². The minimum absolute atomic E-state index is 0.220. The molecule has 1 N–H and O–H groups in total. The molecule has 0 unspecified atom stereocenters. The fraction of sp³-hybridized carbons (Fsp3) is 0.235. The number of amides is 2. The molecular formula is C17H14N6O3S. The summed E-state index contributed by atoms with van der Waals surface area (Å²) in [6.45, 7) is 0.837. The molecule has 136 valence electrons. The Morgan fingerprint density at radius 3 is 2.96 bits per heavy atom. The van der Waals surface area contributed by atoms with Crippen molar-refractivity contribution in [2.24, 2.45) is 7.05 Å². The fourth-order valence-corrected chi connectivity index (χ4v) is 4.19. The van der Waals surface area contributed by atoms with Crippen LogP contribution in [-0.4, -0.2) is 38.0 Å². The zero-order chi connectivity index (χ0) is 19.0. The van der Waals surface area contributed by atoms with Crippen molar-refractivity contribution in [1.82, 2.24) is 19.7 Å². The minimum Gasteiger partial charge on any atom is -0.451 e. The lowest BCUT2D eigenvalue weighted by Crippen LogP contribution is -2.35. The second-order valence-corrected chi connectivity index (χ2v) is 7.13. The Labute approximate surface area is 157 Å². The van der Waals surface area contributed by atoms with Crippen LogP contribution in [0.4, 0.5) is 5.00 Å². The van der Waals surface area contributed by atoms with Crippen molar-refractivity contribution in [3.8, 4) is 6.07 Å². The summed E-state index contributed by atoms with van der Waals surface area (Å²) < 4.78 is 6.41. The highest BCUT2D eigenvalue weighted by Crippen LogP contribution is 2.37. The van der Waals surface area contributed by atoms with Gasteiger partial charge in [0.05, 0.1) is 23.9 Å². The number of rotatable bonds is 3. The number of hydrogen-bond donors (Lipinski definition) is 1. The molecule has 9 nitrogen and oxygen atoms in total. The van der Waals surface area contributed by atoms with Gasteiger partial charge in [0.1, 0.15) is 17.3 Å². The first-order chi connectivity index (χ1) is 13.1. The smallest absolute Gasteiger partial charge is 0.276 e. The van der Waals surface area contributed by atoms with E-state index in [1.807, 2.05) is 0 Å². The SMILES string of the molecule is Cn1cc(C(=O)Nc2sc3c(c2C#N)CCN(C(=O)c2cocn2)C3)cn1. The van der Waals surface area contributed by atoms with Crippen molar-refractivity contribution in [1.29, 1.82) is 5.26 Å². The van der Waals surface area contributed by atoms with E-state index in [0.29, 0.717) is 35.6 Å². The number of nitriles is 1. The van der Waals surface area contributed by atoms with Gasteiger partial charge in [-0.2, -0.15) is 10.4 Å². The summed E-state index contributed by atoms with van der Waals surface area (Å²) in [5.74, 6) is -0.545. The van der Waals surface area contributed by atoms with E-state index in [4.69, 9.17) is 4.42 Å². The average Bonchev–Trinajstić information content (AvgIpc) is 3.39. The Kier molecular flexibility index (Phi) is 4.21. The van der Waals surface area contributed by atoms with Gasteiger partial charge in [0.15, 0.2) is 12.1 Å². The maximum absolute atomic E-state index is 12.5. The molecule has 0 saturated heterocycles. The van der Waals surface area contributed by atoms with Crippen molar-refractivity contribution in [3.63, 3.8) is 0 Å². The summed E-state index contributed by atoms with van der Waals surface area (Å²) in [7, 11) is 1.72. The number of aromatic nitrogens is 3. The van der Waals surface area contributed by atoms with Gasteiger partial charge < -0.3 is 14.6 Å². The standard InChI is InChI=1S/C17H14N6O3S/c1-22-6-10(5-20-22)15(24)21-16-12(4-18)11-2-3-23(7-14(11)27-16)17(25)13-8-26-9-19-13/h5-6,8-9H,2-3,7H2,1H3,(H,21,24). The van der Waals surface area contributed by atoms with Gasteiger partial charge in [0, 0.05) is 24.7 Å². The van der Waals surface area contributed by atoms with Gasteiger partial charge in [0.2, 0.25) is 0 Å². The van der Waals surface area contributed by atoms with E-state index >= 15 is 0 Å². The zero-order valence-electron chi connectivity index (χ0n) is 14.3. The number of carbonyl (C=O) groups excluding carboxylic acids is 2. The lowest BCUT2D eigenvalue weighted by atomic mass is 10.0. The van der Waals surface area contributed by atoms with Crippen LogP contribution in [-0.2, 0) is 20.0 Å². The molecule has 3 aromatic rings. The molecule has 4 rings (SSSR count). The maximum Gasteiger partial charge on any atom is 0.276 e. The van der Waals surface area contributed by atoms with Crippen molar-refractivity contribution >= 4 is 28.2 Å². The van der Waals surface area contributed by atoms with Crippen molar-refractivity contribution < 1.29 is 14.0 Å². The van der Waals surface area contributed by atoms with Crippen LogP contribution in [0, 0.1) is 11.3 Å². The number of aryl methyl sites for hydroxylation is 1. The summed E-state index contributed by atoms with van der Waals surface area (Å²) in [5, 5.41) is 16.8. The summed E-state index contributed by atoms with van der Waals surface area (Å²) in [6.07, 6.45) is 6.14. The predicted molar refractivity (Wildman–Crippen MR) is 95.1 cm³/mol. The highest BCUT2D eigenvalue weighted by Gasteiger charge is 2.29. The molecule has 0 fully saturated rings. The van der Waals surface area contributed by atoms with Gasteiger partial charge in [-0.3, -0.25) is 14.3 Å². The van der Waals surface area contributed by atoms with E-state index < -0.39 is 0 Å². The molecule has 0 spiro atoms. The van der Waals surface area contributed by atoms with Crippen LogP contribution < -0.4 is 5.32 Å². The second-order valence-electron chi connectivity index (χ2n) is 6.03. The molecule has 3 aromatic heterocycles. The second kappa shape index (κ2) is 6.69. The van der Waals surface area contributed by atoms with Gasteiger partial charge in [-0.25, -0.2) is 4.98 Å². The topological polar surface area (TPSA) is 117 Å². The molecule has 10 heteroatoms. The average molecular weight is 382 g/mol. The number of thiophene rings is 1. The van der Waals surface area contributed by atoms with Gasteiger partial charge in [0.25, 0.3) is 11.8 Å². The van der Waals surface area contributed by atoms with Gasteiger partial charge in [-0.1, -0.05) is 0 Å². The molecule has 0 atom stereocenters. The number of hydrogen-bond acceptors (Lipinski definition) is 7. The normalized spacial score (nSPS) is 13.1. The van der Waals surface area contributed by atoms with E-state index in [-0.39, 0.29) is 17.5 Å². The largest absolute Gasteiger partial charge is 0.451 e.